The fraction of sp³-hybridized carbons (Fsp3) is 0.611. The predicted molar refractivity (Wildman–Crippen MR) is 103 cm³/mol. The quantitative estimate of drug-likeness (QED) is 0.676. The lowest BCUT2D eigenvalue weighted by Crippen LogP contribution is -2.41. The molecule has 1 aliphatic rings. The molecule has 23 heavy (non-hydrogen) atoms. The van der Waals surface area contributed by atoms with E-state index in [0.29, 0.717) is 5.92 Å². The molecule has 1 fully saturated rings. The second-order valence-corrected chi connectivity index (χ2v) is 8.50. The molecule has 2 N–H and O–H groups in total. The van der Waals surface area contributed by atoms with Crippen molar-refractivity contribution in [3.05, 3.63) is 27.8 Å². The van der Waals surface area contributed by atoms with Crippen molar-refractivity contribution in [1.29, 1.82) is 0 Å². The number of rotatable bonds is 4. The standard InChI is InChI=1S/C18H27IN2O2/c1-18(2,3)23-17(22)21-16-8-4-13(5-9-16)12-20-15-10-6-14(19)7-11-15/h6-7,10-11,13,16,20H,4-5,8-9,12H2,1-3H3,(H,21,22). The van der Waals surface area contributed by atoms with Crippen molar-refractivity contribution in [3.63, 3.8) is 0 Å². The van der Waals surface area contributed by atoms with Gasteiger partial charge >= 0.3 is 6.09 Å². The maximum absolute atomic E-state index is 11.8. The Labute approximate surface area is 152 Å². The monoisotopic (exact) mass is 430 g/mol. The zero-order valence-electron chi connectivity index (χ0n) is 14.2. The lowest BCUT2D eigenvalue weighted by Gasteiger charge is -2.30. The minimum absolute atomic E-state index is 0.249. The third-order valence-corrected chi connectivity index (χ3v) is 4.73. The molecular weight excluding hydrogens is 403 g/mol. The van der Waals surface area contributed by atoms with Crippen LogP contribution in [0.3, 0.4) is 0 Å². The third kappa shape index (κ3) is 6.97. The van der Waals surface area contributed by atoms with Crippen molar-refractivity contribution in [3.8, 4) is 0 Å². The van der Waals surface area contributed by atoms with Crippen LogP contribution in [-0.4, -0.2) is 24.3 Å². The number of anilines is 1. The second kappa shape index (κ2) is 8.22. The summed E-state index contributed by atoms with van der Waals surface area (Å²) < 4.78 is 6.57. The van der Waals surface area contributed by atoms with E-state index in [1.54, 1.807) is 0 Å². The molecule has 0 unspecified atom stereocenters. The van der Waals surface area contributed by atoms with Gasteiger partial charge in [0, 0.05) is 21.8 Å². The number of carbonyl (C=O) groups excluding carboxylic acids is 1. The normalized spacial score (nSPS) is 21.6. The SMILES string of the molecule is CC(C)(C)OC(=O)NC1CCC(CNc2ccc(I)cc2)CC1. The molecule has 1 aromatic rings. The van der Waals surface area contributed by atoms with Gasteiger partial charge in [0.25, 0.3) is 0 Å². The fourth-order valence-electron chi connectivity index (χ4n) is 2.82. The predicted octanol–water partition coefficient (Wildman–Crippen LogP) is 4.79. The first-order valence-corrected chi connectivity index (χ1v) is 9.38. The molecule has 1 saturated carbocycles. The van der Waals surface area contributed by atoms with Gasteiger partial charge in [-0.05, 0) is 99.2 Å². The highest BCUT2D eigenvalue weighted by atomic mass is 127. The van der Waals surface area contributed by atoms with Crippen molar-refractivity contribution < 1.29 is 9.53 Å². The molecule has 0 atom stereocenters. The van der Waals surface area contributed by atoms with E-state index >= 15 is 0 Å². The van der Waals surface area contributed by atoms with Gasteiger partial charge in [0.2, 0.25) is 0 Å². The highest BCUT2D eigenvalue weighted by Gasteiger charge is 2.24. The number of alkyl carbamates (subject to hydrolysis) is 1. The van der Waals surface area contributed by atoms with Crippen LogP contribution in [-0.2, 0) is 4.74 Å². The first-order valence-electron chi connectivity index (χ1n) is 8.31. The van der Waals surface area contributed by atoms with Gasteiger partial charge in [-0.3, -0.25) is 0 Å². The number of hydrogen-bond donors (Lipinski definition) is 2. The molecule has 0 bridgehead atoms. The Morgan fingerprint density at radius 1 is 1.17 bits per heavy atom. The van der Waals surface area contributed by atoms with Crippen molar-refractivity contribution in [2.24, 2.45) is 5.92 Å². The molecule has 0 aromatic heterocycles. The second-order valence-electron chi connectivity index (χ2n) is 7.25. The van der Waals surface area contributed by atoms with Gasteiger partial charge in [-0.2, -0.15) is 0 Å². The smallest absolute Gasteiger partial charge is 0.407 e. The molecule has 0 saturated heterocycles. The Balaban J connectivity index is 1.67. The summed E-state index contributed by atoms with van der Waals surface area (Å²) in [5, 5.41) is 6.51. The zero-order chi connectivity index (χ0) is 16.9. The van der Waals surface area contributed by atoms with Crippen LogP contribution >= 0.6 is 22.6 Å². The maximum Gasteiger partial charge on any atom is 0.407 e. The Morgan fingerprint density at radius 2 is 1.78 bits per heavy atom. The van der Waals surface area contributed by atoms with Gasteiger partial charge in [-0.25, -0.2) is 4.79 Å². The van der Waals surface area contributed by atoms with Crippen LogP contribution < -0.4 is 10.6 Å². The molecule has 0 heterocycles. The van der Waals surface area contributed by atoms with Gasteiger partial charge in [0.05, 0.1) is 0 Å². The molecule has 1 aromatic carbocycles. The topological polar surface area (TPSA) is 50.4 Å². The molecular formula is C18H27IN2O2. The highest BCUT2D eigenvalue weighted by Crippen LogP contribution is 2.25. The average molecular weight is 430 g/mol. The number of halogens is 1. The maximum atomic E-state index is 11.8. The van der Waals surface area contributed by atoms with Crippen LogP contribution in [0.25, 0.3) is 0 Å². The minimum Gasteiger partial charge on any atom is -0.444 e. The van der Waals surface area contributed by atoms with E-state index < -0.39 is 5.60 Å². The fourth-order valence-corrected chi connectivity index (χ4v) is 3.17. The molecule has 2 rings (SSSR count). The van der Waals surface area contributed by atoms with Crippen LogP contribution in [0.1, 0.15) is 46.5 Å². The van der Waals surface area contributed by atoms with Crippen molar-refractivity contribution in [1.82, 2.24) is 5.32 Å². The van der Waals surface area contributed by atoms with E-state index in [1.807, 2.05) is 20.8 Å². The summed E-state index contributed by atoms with van der Waals surface area (Å²) in [4.78, 5) is 11.8. The summed E-state index contributed by atoms with van der Waals surface area (Å²) in [7, 11) is 0. The van der Waals surface area contributed by atoms with Gasteiger partial charge in [0.1, 0.15) is 5.60 Å². The van der Waals surface area contributed by atoms with Crippen molar-refractivity contribution in [2.75, 3.05) is 11.9 Å². The first-order chi connectivity index (χ1) is 10.8. The lowest BCUT2D eigenvalue weighted by atomic mass is 9.86. The van der Waals surface area contributed by atoms with E-state index in [-0.39, 0.29) is 12.1 Å². The molecule has 0 aliphatic heterocycles. The van der Waals surface area contributed by atoms with E-state index in [1.165, 1.54) is 9.26 Å². The van der Waals surface area contributed by atoms with Gasteiger partial charge in [-0.1, -0.05) is 0 Å². The molecule has 5 heteroatoms. The van der Waals surface area contributed by atoms with Crippen molar-refractivity contribution >= 4 is 34.4 Å². The van der Waals surface area contributed by atoms with E-state index in [0.717, 1.165) is 32.2 Å². The van der Waals surface area contributed by atoms with Crippen LogP contribution in [0.4, 0.5) is 10.5 Å². The highest BCUT2D eigenvalue weighted by molar-refractivity contribution is 14.1. The van der Waals surface area contributed by atoms with E-state index in [9.17, 15) is 4.79 Å². The van der Waals surface area contributed by atoms with Gasteiger partial charge in [0.15, 0.2) is 0 Å². The van der Waals surface area contributed by atoms with Crippen LogP contribution in [0.2, 0.25) is 0 Å². The lowest BCUT2D eigenvalue weighted by molar-refractivity contribution is 0.0488. The van der Waals surface area contributed by atoms with Crippen molar-refractivity contribution in [2.45, 2.75) is 58.1 Å². The Hall–Kier alpha value is -0.980. The summed E-state index contributed by atoms with van der Waals surface area (Å²) in [5.74, 6) is 0.672. The Kier molecular flexibility index (Phi) is 6.56. The molecule has 1 amide bonds. The third-order valence-electron chi connectivity index (χ3n) is 4.01. The largest absolute Gasteiger partial charge is 0.444 e. The number of ether oxygens (including phenoxy) is 1. The number of nitrogens with one attached hydrogen (secondary N) is 2. The molecule has 0 radical (unpaired) electrons. The van der Waals surface area contributed by atoms with Crippen LogP contribution in [0.15, 0.2) is 24.3 Å². The summed E-state index contributed by atoms with van der Waals surface area (Å²) in [5.41, 5.74) is 0.748. The number of hydrogen-bond acceptors (Lipinski definition) is 3. The Morgan fingerprint density at radius 3 is 2.35 bits per heavy atom. The van der Waals surface area contributed by atoms with Gasteiger partial charge in [-0.15, -0.1) is 0 Å². The van der Waals surface area contributed by atoms with E-state index in [2.05, 4.69) is 57.5 Å². The summed E-state index contributed by atoms with van der Waals surface area (Å²) in [6.07, 6.45) is 4.03. The summed E-state index contributed by atoms with van der Waals surface area (Å²) in [6, 6.07) is 8.73. The molecule has 4 nitrogen and oxygen atoms in total. The zero-order valence-corrected chi connectivity index (χ0v) is 16.4. The molecule has 0 spiro atoms. The number of amides is 1. The minimum atomic E-state index is -0.432. The summed E-state index contributed by atoms with van der Waals surface area (Å²) >= 11 is 2.32. The van der Waals surface area contributed by atoms with Gasteiger partial charge < -0.3 is 15.4 Å². The number of carbonyl (C=O) groups is 1. The Bertz CT molecular complexity index is 503. The average Bonchev–Trinajstić information content (AvgIpc) is 2.46. The number of benzene rings is 1. The van der Waals surface area contributed by atoms with Crippen LogP contribution in [0, 0.1) is 9.49 Å². The van der Waals surface area contributed by atoms with Crippen LogP contribution in [0.5, 0.6) is 0 Å². The summed E-state index contributed by atoms with van der Waals surface area (Å²) in [6.45, 7) is 6.67. The molecule has 1 aliphatic carbocycles. The molecule has 128 valence electrons. The first kappa shape index (κ1) is 18.4. The van der Waals surface area contributed by atoms with E-state index in [4.69, 9.17) is 4.74 Å².